The molecule has 0 aliphatic carbocycles. The summed E-state index contributed by atoms with van der Waals surface area (Å²) in [5.74, 6) is 0.490. The van der Waals surface area contributed by atoms with Crippen LogP contribution in [0.5, 0.6) is 0 Å². The van der Waals surface area contributed by atoms with Crippen LogP contribution in [-0.2, 0) is 16.7 Å². The molecule has 3 heterocycles. The molecule has 2 atom stereocenters. The van der Waals surface area contributed by atoms with Crippen molar-refractivity contribution in [1.29, 1.82) is 0 Å². The maximum atomic E-state index is 12.4. The molecule has 2 aliphatic heterocycles. The van der Waals surface area contributed by atoms with Crippen molar-refractivity contribution < 1.29 is 14.6 Å². The number of rotatable bonds is 3. The summed E-state index contributed by atoms with van der Waals surface area (Å²) >= 11 is 0. The molecular formula is C14H22N4O3. The predicted molar refractivity (Wildman–Crippen MR) is 76.9 cm³/mol. The summed E-state index contributed by atoms with van der Waals surface area (Å²) in [6, 6.07) is 1.60. The van der Waals surface area contributed by atoms with Crippen LogP contribution < -0.4 is 4.90 Å². The lowest BCUT2D eigenvalue weighted by molar-refractivity contribution is -0.0688. The van der Waals surface area contributed by atoms with Crippen LogP contribution in [0.3, 0.4) is 0 Å². The first-order chi connectivity index (χ1) is 9.86. The molecule has 2 unspecified atom stereocenters. The van der Waals surface area contributed by atoms with Crippen molar-refractivity contribution in [2.24, 2.45) is 0 Å². The van der Waals surface area contributed by atoms with Gasteiger partial charge in [0.2, 0.25) is 0 Å². The van der Waals surface area contributed by atoms with E-state index in [1.807, 2.05) is 17.7 Å². The van der Waals surface area contributed by atoms with Crippen molar-refractivity contribution in [1.82, 2.24) is 14.7 Å². The Morgan fingerprint density at radius 1 is 1.52 bits per heavy atom. The Kier molecular flexibility index (Phi) is 3.22. The van der Waals surface area contributed by atoms with Gasteiger partial charge < -0.3 is 9.84 Å². The Morgan fingerprint density at radius 3 is 2.86 bits per heavy atom. The fraction of sp³-hybridized carbons (Fsp3) is 0.714. The molecule has 7 heteroatoms. The van der Waals surface area contributed by atoms with Gasteiger partial charge in [0.15, 0.2) is 18.3 Å². The van der Waals surface area contributed by atoms with E-state index in [9.17, 15) is 9.90 Å². The zero-order chi connectivity index (χ0) is 15.4. The highest BCUT2D eigenvalue weighted by molar-refractivity contribution is 5.93. The van der Waals surface area contributed by atoms with Crippen molar-refractivity contribution >= 4 is 11.8 Å². The highest BCUT2D eigenvalue weighted by atomic mass is 16.5. The van der Waals surface area contributed by atoms with Gasteiger partial charge in [-0.05, 0) is 13.3 Å². The number of aromatic nitrogens is 2. The SMILES string of the molecule is CCOC1C(O)N(c2cc3n(n2)CCC3(C)C)C(=O)N1C. The smallest absolute Gasteiger partial charge is 0.329 e. The second-order valence-electron chi connectivity index (χ2n) is 6.27. The number of aliphatic hydroxyl groups excluding tert-OH is 1. The summed E-state index contributed by atoms with van der Waals surface area (Å²) in [6.07, 6.45) is -0.665. The number of carbonyl (C=O) groups excluding carboxylic acids is 1. The Labute approximate surface area is 124 Å². The van der Waals surface area contributed by atoms with Gasteiger partial charge in [0.05, 0.1) is 0 Å². The molecule has 0 radical (unpaired) electrons. The summed E-state index contributed by atoms with van der Waals surface area (Å²) in [4.78, 5) is 15.1. The van der Waals surface area contributed by atoms with Gasteiger partial charge in [0.25, 0.3) is 0 Å². The lowest BCUT2D eigenvalue weighted by Crippen LogP contribution is -2.38. The minimum atomic E-state index is -1.04. The van der Waals surface area contributed by atoms with Crippen LogP contribution in [-0.4, -0.2) is 51.9 Å². The third-order valence-corrected chi connectivity index (χ3v) is 4.40. The predicted octanol–water partition coefficient (Wildman–Crippen LogP) is 1.12. The van der Waals surface area contributed by atoms with Crippen molar-refractivity contribution in [3.05, 3.63) is 11.8 Å². The Balaban J connectivity index is 1.93. The number of carbonyl (C=O) groups is 1. The number of likely N-dealkylation sites (N-methyl/N-ethyl adjacent to an activating group) is 1. The largest absolute Gasteiger partial charge is 0.369 e. The Morgan fingerprint density at radius 2 is 2.24 bits per heavy atom. The fourth-order valence-corrected chi connectivity index (χ4v) is 3.07. The van der Waals surface area contributed by atoms with Crippen molar-refractivity contribution in [2.75, 3.05) is 18.6 Å². The fourth-order valence-electron chi connectivity index (χ4n) is 3.07. The van der Waals surface area contributed by atoms with Gasteiger partial charge in [-0.25, -0.2) is 9.69 Å². The summed E-state index contributed by atoms with van der Waals surface area (Å²) in [5, 5.41) is 14.9. The average molecular weight is 294 g/mol. The van der Waals surface area contributed by atoms with Gasteiger partial charge in [-0.2, -0.15) is 5.10 Å². The third-order valence-electron chi connectivity index (χ3n) is 4.40. The van der Waals surface area contributed by atoms with Crippen LogP contribution in [0, 0.1) is 0 Å². The number of nitrogens with zero attached hydrogens (tertiary/aromatic N) is 4. The second kappa shape index (κ2) is 4.71. The molecule has 0 saturated carbocycles. The van der Waals surface area contributed by atoms with E-state index in [-0.39, 0.29) is 11.4 Å². The first-order valence-corrected chi connectivity index (χ1v) is 7.31. The standard InChI is InChI=1S/C14H22N4O3/c1-5-21-12-11(19)18(13(20)16(12)4)10-8-9-14(2,3)6-7-17(9)15-10/h8,11-12,19H,5-7H2,1-4H3. The summed E-state index contributed by atoms with van der Waals surface area (Å²) in [6.45, 7) is 7.43. The molecule has 1 N–H and O–H groups in total. The molecule has 2 amide bonds. The molecule has 1 saturated heterocycles. The van der Waals surface area contributed by atoms with Gasteiger partial charge in [0, 0.05) is 37.4 Å². The lowest BCUT2D eigenvalue weighted by Gasteiger charge is -2.20. The molecule has 1 aromatic heterocycles. The van der Waals surface area contributed by atoms with E-state index in [0.717, 1.165) is 18.7 Å². The van der Waals surface area contributed by atoms with Crippen LogP contribution in [0.1, 0.15) is 32.9 Å². The number of hydrogen-bond acceptors (Lipinski definition) is 4. The quantitative estimate of drug-likeness (QED) is 0.907. The summed E-state index contributed by atoms with van der Waals surface area (Å²) in [5.41, 5.74) is 1.14. The van der Waals surface area contributed by atoms with Crippen LogP contribution in [0.25, 0.3) is 0 Å². The topological polar surface area (TPSA) is 70.8 Å². The van der Waals surface area contributed by atoms with E-state index in [1.54, 1.807) is 7.05 Å². The highest BCUT2D eigenvalue weighted by Gasteiger charge is 2.46. The zero-order valence-corrected chi connectivity index (χ0v) is 12.9. The first kappa shape index (κ1) is 14.3. The van der Waals surface area contributed by atoms with Crippen LogP contribution >= 0.6 is 0 Å². The molecule has 2 aliphatic rings. The van der Waals surface area contributed by atoms with E-state index in [1.165, 1.54) is 9.80 Å². The molecule has 3 rings (SSSR count). The van der Waals surface area contributed by atoms with Gasteiger partial charge in [0.1, 0.15) is 0 Å². The number of ether oxygens (including phenoxy) is 1. The number of hydrogen-bond donors (Lipinski definition) is 1. The third kappa shape index (κ3) is 2.03. The number of aliphatic hydroxyl groups is 1. The van der Waals surface area contributed by atoms with Crippen molar-refractivity contribution in [3.8, 4) is 0 Å². The molecule has 0 bridgehead atoms. The molecule has 0 spiro atoms. The zero-order valence-electron chi connectivity index (χ0n) is 12.9. The minimum Gasteiger partial charge on any atom is -0.369 e. The van der Waals surface area contributed by atoms with E-state index < -0.39 is 12.5 Å². The summed E-state index contributed by atoms with van der Waals surface area (Å²) < 4.78 is 7.37. The van der Waals surface area contributed by atoms with Gasteiger partial charge >= 0.3 is 6.03 Å². The maximum Gasteiger partial charge on any atom is 0.329 e. The van der Waals surface area contributed by atoms with Gasteiger partial charge in [-0.3, -0.25) is 9.58 Å². The molecule has 0 aromatic carbocycles. The highest BCUT2D eigenvalue weighted by Crippen LogP contribution is 2.37. The molecule has 7 nitrogen and oxygen atoms in total. The van der Waals surface area contributed by atoms with E-state index in [2.05, 4.69) is 18.9 Å². The van der Waals surface area contributed by atoms with E-state index in [4.69, 9.17) is 4.74 Å². The monoisotopic (exact) mass is 294 g/mol. The minimum absolute atomic E-state index is 0.0458. The normalized spacial score (nSPS) is 27.6. The number of aryl methyl sites for hydroxylation is 1. The molecule has 1 aromatic rings. The average Bonchev–Trinajstić information content (AvgIpc) is 3.02. The maximum absolute atomic E-state index is 12.4. The molecular weight excluding hydrogens is 272 g/mol. The van der Waals surface area contributed by atoms with E-state index in [0.29, 0.717) is 12.4 Å². The van der Waals surface area contributed by atoms with Crippen LogP contribution in [0.2, 0.25) is 0 Å². The number of amides is 2. The molecule has 1 fully saturated rings. The number of anilines is 1. The summed E-state index contributed by atoms with van der Waals surface area (Å²) in [7, 11) is 1.62. The van der Waals surface area contributed by atoms with E-state index >= 15 is 0 Å². The van der Waals surface area contributed by atoms with Crippen molar-refractivity contribution in [3.63, 3.8) is 0 Å². The number of fused-ring (bicyclic) bond motifs is 1. The van der Waals surface area contributed by atoms with Crippen molar-refractivity contribution in [2.45, 2.75) is 51.6 Å². The Bertz CT molecular complexity index is 569. The Hall–Kier alpha value is -1.60. The van der Waals surface area contributed by atoms with Crippen LogP contribution in [0.4, 0.5) is 10.6 Å². The lowest BCUT2D eigenvalue weighted by atomic mass is 9.88. The van der Waals surface area contributed by atoms with Gasteiger partial charge in [-0.1, -0.05) is 13.8 Å². The second-order valence-corrected chi connectivity index (χ2v) is 6.27. The first-order valence-electron chi connectivity index (χ1n) is 7.31. The molecule has 21 heavy (non-hydrogen) atoms. The molecule has 116 valence electrons. The number of urea groups is 1. The van der Waals surface area contributed by atoms with Crippen LogP contribution in [0.15, 0.2) is 6.07 Å². The van der Waals surface area contributed by atoms with Gasteiger partial charge in [-0.15, -0.1) is 0 Å².